The first-order chi connectivity index (χ1) is 15.3. The minimum Gasteiger partial charge on any atom is -0.448 e. The molecule has 2 heterocycles. The largest absolute Gasteiger partial charge is 0.448 e. The van der Waals surface area contributed by atoms with Gasteiger partial charge >= 0.3 is 0 Å². The standard InChI is InChI=1S/C25H20N4OS/c1-3-9-18(10-4-1)15-16-22-26-21-14-8-7-13-20(21)23-24(30-22)27-25(29-28-23)31-17-19-11-5-2-6-12-19/h1-16,22,26H,17H2/b16-15+/t22-/m0/s1. The molecule has 0 saturated heterocycles. The Morgan fingerprint density at radius 1 is 0.871 bits per heavy atom. The van der Waals surface area contributed by atoms with E-state index in [1.54, 1.807) is 11.8 Å². The molecule has 0 unspecified atom stereocenters. The molecule has 5 rings (SSSR count). The van der Waals surface area contributed by atoms with Crippen molar-refractivity contribution in [1.29, 1.82) is 0 Å². The second-order valence-corrected chi connectivity index (χ2v) is 7.96. The van der Waals surface area contributed by atoms with Crippen LogP contribution in [-0.4, -0.2) is 21.4 Å². The van der Waals surface area contributed by atoms with E-state index in [1.165, 1.54) is 5.56 Å². The summed E-state index contributed by atoms with van der Waals surface area (Å²) in [6.45, 7) is 0. The number of nitrogens with zero attached hydrogens (tertiary/aromatic N) is 3. The van der Waals surface area contributed by atoms with E-state index >= 15 is 0 Å². The molecule has 1 aromatic heterocycles. The number of benzene rings is 3. The highest BCUT2D eigenvalue weighted by Gasteiger charge is 2.23. The molecular weight excluding hydrogens is 404 g/mol. The molecule has 0 aliphatic carbocycles. The summed E-state index contributed by atoms with van der Waals surface area (Å²) in [4.78, 5) is 4.69. The van der Waals surface area contributed by atoms with Crippen molar-refractivity contribution in [2.75, 3.05) is 5.32 Å². The zero-order valence-corrected chi connectivity index (χ0v) is 17.5. The Labute approximate surface area is 185 Å². The molecule has 1 N–H and O–H groups in total. The molecule has 0 bridgehead atoms. The van der Waals surface area contributed by atoms with Crippen LogP contribution in [0.25, 0.3) is 17.3 Å². The number of para-hydroxylation sites is 1. The van der Waals surface area contributed by atoms with Gasteiger partial charge in [0.25, 0.3) is 0 Å². The summed E-state index contributed by atoms with van der Waals surface area (Å²) in [5, 5.41) is 12.8. The van der Waals surface area contributed by atoms with Crippen molar-refractivity contribution in [3.8, 4) is 17.1 Å². The summed E-state index contributed by atoms with van der Waals surface area (Å²) in [5.41, 5.74) is 4.81. The van der Waals surface area contributed by atoms with Crippen LogP contribution in [0.4, 0.5) is 5.69 Å². The van der Waals surface area contributed by atoms with Crippen LogP contribution >= 0.6 is 11.8 Å². The number of ether oxygens (including phenoxy) is 1. The fourth-order valence-corrected chi connectivity index (χ4v) is 4.03. The average Bonchev–Trinajstić information content (AvgIpc) is 2.99. The lowest BCUT2D eigenvalue weighted by Gasteiger charge is -2.15. The maximum Gasteiger partial charge on any atom is 0.247 e. The smallest absolute Gasteiger partial charge is 0.247 e. The van der Waals surface area contributed by atoms with E-state index in [1.807, 2.05) is 72.8 Å². The van der Waals surface area contributed by atoms with Gasteiger partial charge < -0.3 is 10.1 Å². The van der Waals surface area contributed by atoms with E-state index < -0.39 is 0 Å². The van der Waals surface area contributed by atoms with Crippen molar-refractivity contribution in [3.05, 3.63) is 102 Å². The van der Waals surface area contributed by atoms with Crippen LogP contribution in [0.15, 0.2) is 96.2 Å². The summed E-state index contributed by atoms with van der Waals surface area (Å²) < 4.78 is 6.23. The van der Waals surface area contributed by atoms with Crippen molar-refractivity contribution in [2.45, 2.75) is 17.1 Å². The van der Waals surface area contributed by atoms with E-state index in [0.29, 0.717) is 16.7 Å². The SMILES string of the molecule is C(=C\[C@H]1Nc2ccccc2-c2nnc(SCc3ccccc3)nc2O1)/c1ccccc1. The molecule has 1 aliphatic rings. The van der Waals surface area contributed by atoms with Crippen LogP contribution in [0, 0.1) is 0 Å². The van der Waals surface area contributed by atoms with E-state index in [-0.39, 0.29) is 6.23 Å². The topological polar surface area (TPSA) is 59.9 Å². The van der Waals surface area contributed by atoms with Crippen LogP contribution < -0.4 is 10.1 Å². The number of fused-ring (bicyclic) bond motifs is 3. The number of anilines is 1. The quantitative estimate of drug-likeness (QED) is 0.416. The molecule has 152 valence electrons. The lowest BCUT2D eigenvalue weighted by molar-refractivity contribution is 0.266. The number of hydrogen-bond acceptors (Lipinski definition) is 6. The number of rotatable bonds is 5. The third-order valence-electron chi connectivity index (χ3n) is 4.83. The van der Waals surface area contributed by atoms with Gasteiger partial charge in [-0.2, -0.15) is 4.98 Å². The first-order valence-electron chi connectivity index (χ1n) is 10.0. The van der Waals surface area contributed by atoms with Gasteiger partial charge in [0.05, 0.1) is 0 Å². The zero-order chi connectivity index (χ0) is 20.9. The van der Waals surface area contributed by atoms with Crippen LogP contribution in [0.2, 0.25) is 0 Å². The molecule has 0 amide bonds. The average molecular weight is 425 g/mol. The number of nitrogens with one attached hydrogen (secondary N) is 1. The Hall–Kier alpha value is -3.64. The summed E-state index contributed by atoms with van der Waals surface area (Å²) in [6, 6.07) is 28.4. The summed E-state index contributed by atoms with van der Waals surface area (Å²) in [6.07, 6.45) is 3.64. The van der Waals surface area contributed by atoms with Crippen LogP contribution in [0.3, 0.4) is 0 Å². The Kier molecular flexibility index (Phi) is 5.62. The van der Waals surface area contributed by atoms with Gasteiger partial charge in [-0.15, -0.1) is 10.2 Å². The number of hydrogen-bond donors (Lipinski definition) is 1. The second kappa shape index (κ2) is 9.02. The van der Waals surface area contributed by atoms with Crippen molar-refractivity contribution in [1.82, 2.24) is 15.2 Å². The Morgan fingerprint density at radius 3 is 2.45 bits per heavy atom. The molecular formula is C25H20N4OS. The minimum atomic E-state index is -0.383. The lowest BCUT2D eigenvalue weighted by atomic mass is 10.1. The van der Waals surface area contributed by atoms with Crippen molar-refractivity contribution in [3.63, 3.8) is 0 Å². The number of aromatic nitrogens is 3. The summed E-state index contributed by atoms with van der Waals surface area (Å²) >= 11 is 1.54. The van der Waals surface area contributed by atoms with Gasteiger partial charge in [0.2, 0.25) is 11.0 Å². The molecule has 1 aliphatic heterocycles. The zero-order valence-electron chi connectivity index (χ0n) is 16.7. The molecule has 0 spiro atoms. The third-order valence-corrected chi connectivity index (χ3v) is 5.74. The van der Waals surface area contributed by atoms with E-state index in [2.05, 4.69) is 44.8 Å². The van der Waals surface area contributed by atoms with E-state index in [0.717, 1.165) is 22.6 Å². The first kappa shape index (κ1) is 19.3. The maximum absolute atomic E-state index is 6.23. The lowest BCUT2D eigenvalue weighted by Crippen LogP contribution is -2.23. The molecule has 3 aromatic carbocycles. The monoisotopic (exact) mass is 424 g/mol. The van der Waals surface area contributed by atoms with Crippen molar-refractivity contribution >= 4 is 23.5 Å². The van der Waals surface area contributed by atoms with E-state index in [4.69, 9.17) is 4.74 Å². The molecule has 0 saturated carbocycles. The highest BCUT2D eigenvalue weighted by atomic mass is 32.2. The van der Waals surface area contributed by atoms with Gasteiger partial charge in [-0.25, -0.2) is 0 Å². The van der Waals surface area contributed by atoms with Crippen molar-refractivity contribution in [2.24, 2.45) is 0 Å². The fraction of sp³-hybridized carbons (Fsp3) is 0.0800. The third kappa shape index (κ3) is 4.59. The second-order valence-electron chi connectivity index (χ2n) is 7.02. The number of thioether (sulfide) groups is 1. The van der Waals surface area contributed by atoms with Gasteiger partial charge in [0.1, 0.15) is 0 Å². The van der Waals surface area contributed by atoms with Crippen LogP contribution in [0.1, 0.15) is 11.1 Å². The molecule has 31 heavy (non-hydrogen) atoms. The summed E-state index contributed by atoms with van der Waals surface area (Å²) in [7, 11) is 0. The Balaban J connectivity index is 1.44. The van der Waals surface area contributed by atoms with Gasteiger partial charge in [-0.3, -0.25) is 0 Å². The molecule has 0 fully saturated rings. The van der Waals surface area contributed by atoms with E-state index in [9.17, 15) is 0 Å². The van der Waals surface area contributed by atoms with Gasteiger partial charge in [0.15, 0.2) is 11.9 Å². The molecule has 4 aromatic rings. The fourth-order valence-electron chi connectivity index (χ4n) is 3.30. The normalized spacial score (nSPS) is 14.8. The van der Waals surface area contributed by atoms with Crippen LogP contribution in [-0.2, 0) is 5.75 Å². The van der Waals surface area contributed by atoms with Crippen molar-refractivity contribution < 1.29 is 4.74 Å². The Morgan fingerprint density at radius 2 is 1.61 bits per heavy atom. The summed E-state index contributed by atoms with van der Waals surface area (Å²) in [5.74, 6) is 1.25. The Bertz CT molecular complexity index is 1200. The van der Waals surface area contributed by atoms with Gasteiger partial charge in [-0.1, -0.05) is 96.7 Å². The molecule has 1 atom stereocenters. The maximum atomic E-state index is 6.23. The van der Waals surface area contributed by atoms with Gasteiger partial charge in [-0.05, 0) is 23.3 Å². The molecule has 6 heteroatoms. The molecule has 5 nitrogen and oxygen atoms in total. The minimum absolute atomic E-state index is 0.383. The van der Waals surface area contributed by atoms with Crippen LogP contribution in [0.5, 0.6) is 5.88 Å². The highest BCUT2D eigenvalue weighted by molar-refractivity contribution is 7.98. The van der Waals surface area contributed by atoms with Gasteiger partial charge in [0, 0.05) is 17.0 Å². The predicted octanol–water partition coefficient (Wildman–Crippen LogP) is 5.67. The highest BCUT2D eigenvalue weighted by Crippen LogP contribution is 2.36. The molecule has 0 radical (unpaired) electrons. The first-order valence-corrected chi connectivity index (χ1v) is 11.0. The predicted molar refractivity (Wildman–Crippen MR) is 125 cm³/mol.